The molecular formula is C23H19N3O2S. The van der Waals surface area contributed by atoms with Crippen LogP contribution in [0.4, 0.5) is 0 Å². The molecule has 1 amide bonds. The van der Waals surface area contributed by atoms with Crippen LogP contribution < -0.4 is 0 Å². The first-order valence-electron chi connectivity index (χ1n) is 9.80. The van der Waals surface area contributed by atoms with Crippen LogP contribution in [0.1, 0.15) is 33.3 Å². The lowest BCUT2D eigenvalue weighted by Crippen LogP contribution is -2.34. The van der Waals surface area contributed by atoms with Gasteiger partial charge in [-0.05, 0) is 53.5 Å². The number of piperidine rings is 1. The number of likely N-dealkylation sites (tertiary alicyclic amines) is 1. The number of nitrogens with one attached hydrogen (secondary N) is 1. The number of rotatable bonds is 2. The second-order valence-electron chi connectivity index (χ2n) is 8.21. The summed E-state index contributed by atoms with van der Waals surface area (Å²) in [4.78, 5) is 35.9. The Kier molecular flexibility index (Phi) is 3.23. The topological polar surface area (TPSA) is 66.1 Å². The summed E-state index contributed by atoms with van der Waals surface area (Å²) >= 11 is 1.53. The number of aryl methyl sites for hydroxylation is 1. The van der Waals surface area contributed by atoms with Crippen molar-refractivity contribution in [2.45, 2.75) is 19.3 Å². The van der Waals surface area contributed by atoms with E-state index >= 15 is 0 Å². The summed E-state index contributed by atoms with van der Waals surface area (Å²) in [5, 5.41) is 3.06. The van der Waals surface area contributed by atoms with E-state index in [1.165, 1.54) is 22.5 Å². The van der Waals surface area contributed by atoms with Gasteiger partial charge in [0.2, 0.25) is 0 Å². The molecular weight excluding hydrogens is 382 g/mol. The highest BCUT2D eigenvalue weighted by Crippen LogP contribution is 2.71. The molecule has 29 heavy (non-hydrogen) atoms. The number of carbonyl (C=O) groups excluding carboxylic acids is 2. The minimum absolute atomic E-state index is 0.0305. The van der Waals surface area contributed by atoms with Crippen molar-refractivity contribution in [1.82, 2.24) is 14.9 Å². The normalized spacial score (nSPS) is 27.2. The van der Waals surface area contributed by atoms with Gasteiger partial charge in [0, 0.05) is 53.2 Å². The third kappa shape index (κ3) is 2.02. The van der Waals surface area contributed by atoms with Crippen LogP contribution in [0.25, 0.3) is 17.1 Å². The summed E-state index contributed by atoms with van der Waals surface area (Å²) in [7, 11) is 0. The predicted molar refractivity (Wildman–Crippen MR) is 113 cm³/mol. The molecule has 2 unspecified atom stereocenters. The summed E-state index contributed by atoms with van der Waals surface area (Å²) in [6, 6.07) is 3.86. The van der Waals surface area contributed by atoms with Crippen molar-refractivity contribution in [3.05, 3.63) is 69.3 Å². The number of nitrogens with zero attached hydrogens (tertiary/aromatic N) is 2. The first kappa shape index (κ1) is 16.9. The van der Waals surface area contributed by atoms with Gasteiger partial charge in [0.05, 0.1) is 4.88 Å². The van der Waals surface area contributed by atoms with E-state index in [-0.39, 0.29) is 17.1 Å². The lowest BCUT2D eigenvalue weighted by molar-refractivity contribution is -0.124. The molecule has 144 valence electrons. The van der Waals surface area contributed by atoms with Gasteiger partial charge in [-0.2, -0.15) is 0 Å². The van der Waals surface area contributed by atoms with Gasteiger partial charge in [0.15, 0.2) is 5.78 Å². The average Bonchev–Trinajstić information content (AvgIpc) is 3.16. The molecule has 6 heteroatoms. The van der Waals surface area contributed by atoms with Crippen LogP contribution >= 0.6 is 11.3 Å². The Labute approximate surface area is 171 Å². The number of amides is 1. The third-order valence-corrected chi connectivity index (χ3v) is 8.04. The molecule has 1 spiro atoms. The second-order valence-corrected chi connectivity index (χ2v) is 9.09. The smallest absolute Gasteiger partial charge is 0.250 e. The maximum atomic E-state index is 13.1. The van der Waals surface area contributed by atoms with Crippen LogP contribution in [0.15, 0.2) is 47.8 Å². The van der Waals surface area contributed by atoms with Crippen LogP contribution in [0, 0.1) is 18.8 Å². The molecule has 1 saturated carbocycles. The third-order valence-electron chi connectivity index (χ3n) is 6.93. The molecule has 0 aromatic carbocycles. The van der Waals surface area contributed by atoms with E-state index in [4.69, 9.17) is 0 Å². The summed E-state index contributed by atoms with van der Waals surface area (Å²) in [5.74, 6) is 0.811. The monoisotopic (exact) mass is 401 g/mol. The summed E-state index contributed by atoms with van der Waals surface area (Å²) < 4.78 is 0. The van der Waals surface area contributed by atoms with Gasteiger partial charge < -0.3 is 9.88 Å². The fourth-order valence-electron chi connectivity index (χ4n) is 5.54. The zero-order valence-electron chi connectivity index (χ0n) is 16.1. The number of carbonyl (C=O) groups is 2. The number of ketones is 1. The Bertz CT molecular complexity index is 1280. The highest BCUT2D eigenvalue weighted by molar-refractivity contribution is 7.12. The molecule has 2 aliphatic carbocycles. The molecule has 4 heterocycles. The summed E-state index contributed by atoms with van der Waals surface area (Å²) in [6.07, 6.45) is 8.75. The van der Waals surface area contributed by atoms with E-state index in [9.17, 15) is 9.59 Å². The largest absolute Gasteiger partial charge is 0.346 e. The van der Waals surface area contributed by atoms with Gasteiger partial charge in [-0.3, -0.25) is 9.59 Å². The highest BCUT2D eigenvalue weighted by atomic mass is 32.1. The molecule has 6 rings (SSSR count). The maximum absolute atomic E-state index is 13.1. The van der Waals surface area contributed by atoms with Crippen molar-refractivity contribution in [1.29, 1.82) is 0 Å². The SMILES string of the molecule is Cc1csc2c1C13C(=CC2=O)N(C(=O)/C=C/c2c[nH]c4ncccc24)CC1[C@@H]3C. The molecule has 1 saturated heterocycles. The first-order chi connectivity index (χ1) is 14.0. The van der Waals surface area contributed by atoms with Gasteiger partial charge in [-0.25, -0.2) is 4.98 Å². The summed E-state index contributed by atoms with van der Waals surface area (Å²) in [6.45, 7) is 5.00. The summed E-state index contributed by atoms with van der Waals surface area (Å²) in [5.41, 5.74) is 4.82. The molecule has 3 aliphatic rings. The number of allylic oxidation sites excluding steroid dienone is 2. The van der Waals surface area contributed by atoms with Crippen LogP contribution in [-0.4, -0.2) is 33.1 Å². The number of aromatic nitrogens is 2. The molecule has 5 nitrogen and oxygen atoms in total. The zero-order valence-corrected chi connectivity index (χ0v) is 16.9. The van der Waals surface area contributed by atoms with Crippen LogP contribution in [-0.2, 0) is 10.2 Å². The second kappa shape index (κ2) is 5.54. The zero-order chi connectivity index (χ0) is 19.9. The quantitative estimate of drug-likeness (QED) is 0.658. The van der Waals surface area contributed by atoms with E-state index < -0.39 is 0 Å². The number of aromatic amines is 1. The fraction of sp³-hybridized carbons (Fsp3) is 0.261. The minimum Gasteiger partial charge on any atom is -0.346 e. The maximum Gasteiger partial charge on any atom is 0.250 e. The van der Waals surface area contributed by atoms with Gasteiger partial charge in [0.25, 0.3) is 5.91 Å². The van der Waals surface area contributed by atoms with Crippen molar-refractivity contribution in [2.24, 2.45) is 11.8 Å². The van der Waals surface area contributed by atoms with Crippen LogP contribution in [0.5, 0.6) is 0 Å². The molecule has 1 N–H and O–H groups in total. The molecule has 3 aromatic rings. The van der Waals surface area contributed by atoms with Crippen molar-refractivity contribution in [3.8, 4) is 0 Å². The predicted octanol–water partition coefficient (Wildman–Crippen LogP) is 4.07. The number of fused-ring (bicyclic) bond motifs is 2. The Hall–Kier alpha value is -2.99. The lowest BCUT2D eigenvalue weighted by atomic mass is 9.82. The lowest BCUT2D eigenvalue weighted by Gasteiger charge is -2.29. The standard InChI is InChI=1S/C23H19N3O2S/c1-12-11-29-21-17(27)8-18-23(20(12)21)13(2)16(23)10-26(18)19(28)6-5-14-9-25-22-15(14)4-3-7-24-22/h3-9,11,13,16H,10H2,1-2H3,(H,24,25)/b6-5+/t13-,16?,23?/m0/s1. The van der Waals surface area contributed by atoms with E-state index in [2.05, 4.69) is 29.2 Å². The van der Waals surface area contributed by atoms with Crippen LogP contribution in [0.2, 0.25) is 0 Å². The Morgan fingerprint density at radius 1 is 1.45 bits per heavy atom. The Morgan fingerprint density at radius 3 is 3.17 bits per heavy atom. The molecule has 3 atom stereocenters. The van der Waals surface area contributed by atoms with Crippen molar-refractivity contribution < 1.29 is 9.59 Å². The van der Waals surface area contributed by atoms with Gasteiger partial charge >= 0.3 is 0 Å². The number of hydrogen-bond acceptors (Lipinski definition) is 4. The van der Waals surface area contributed by atoms with E-state index in [1.54, 1.807) is 18.3 Å². The minimum atomic E-state index is -0.151. The fourth-order valence-corrected chi connectivity index (χ4v) is 6.57. The highest BCUT2D eigenvalue weighted by Gasteiger charge is 2.73. The van der Waals surface area contributed by atoms with Crippen molar-refractivity contribution in [3.63, 3.8) is 0 Å². The number of pyridine rings is 1. The van der Waals surface area contributed by atoms with Gasteiger partial charge in [-0.1, -0.05) is 6.92 Å². The van der Waals surface area contributed by atoms with E-state index in [1.807, 2.05) is 29.3 Å². The first-order valence-corrected chi connectivity index (χ1v) is 10.7. The number of hydrogen-bond donors (Lipinski definition) is 1. The van der Waals surface area contributed by atoms with Gasteiger partial charge in [0.1, 0.15) is 5.65 Å². The average molecular weight is 401 g/mol. The van der Waals surface area contributed by atoms with Gasteiger partial charge in [-0.15, -0.1) is 11.3 Å². The molecule has 3 aromatic heterocycles. The van der Waals surface area contributed by atoms with Crippen molar-refractivity contribution >= 4 is 40.1 Å². The van der Waals surface area contributed by atoms with E-state index in [0.29, 0.717) is 18.4 Å². The van der Waals surface area contributed by atoms with Crippen molar-refractivity contribution in [2.75, 3.05) is 6.54 Å². The molecule has 0 radical (unpaired) electrons. The molecule has 1 aliphatic heterocycles. The Balaban J connectivity index is 1.36. The number of H-pyrrole nitrogens is 1. The molecule has 2 fully saturated rings. The Morgan fingerprint density at radius 2 is 2.31 bits per heavy atom. The number of thiophene rings is 1. The molecule has 0 bridgehead atoms. The van der Waals surface area contributed by atoms with E-state index in [0.717, 1.165) is 27.2 Å². The van der Waals surface area contributed by atoms with Crippen LogP contribution in [0.3, 0.4) is 0 Å².